The van der Waals surface area contributed by atoms with Crippen LogP contribution in [-0.2, 0) is 0 Å². The molecular weight excluding hydrogens is 304 g/mol. The number of amides is 1. The monoisotopic (exact) mass is 316 g/mol. The van der Waals surface area contributed by atoms with Gasteiger partial charge in [0.05, 0.1) is 11.1 Å². The number of H-pyrrole nitrogens is 1. The molecule has 0 spiro atoms. The predicted molar refractivity (Wildman–Crippen MR) is 89.3 cm³/mol. The summed E-state index contributed by atoms with van der Waals surface area (Å²) < 4.78 is 0. The lowest BCUT2D eigenvalue weighted by Crippen LogP contribution is -2.13. The second kappa shape index (κ2) is 5.88. The molecule has 0 atom stereocenters. The zero-order valence-electron chi connectivity index (χ0n) is 12.5. The highest BCUT2D eigenvalue weighted by atomic mass is 16.1. The van der Waals surface area contributed by atoms with E-state index in [1.165, 1.54) is 6.20 Å². The van der Waals surface area contributed by atoms with Crippen LogP contribution in [0.25, 0.3) is 22.4 Å². The number of para-hydroxylation sites is 1. The van der Waals surface area contributed by atoms with E-state index in [9.17, 15) is 4.79 Å². The number of benzene rings is 1. The maximum absolute atomic E-state index is 12.1. The van der Waals surface area contributed by atoms with Gasteiger partial charge in [0.25, 0.3) is 5.91 Å². The Hall–Kier alpha value is -3.61. The molecule has 0 aliphatic heterocycles. The van der Waals surface area contributed by atoms with Gasteiger partial charge in [-0.15, -0.1) is 5.10 Å². The molecule has 24 heavy (non-hydrogen) atoms. The van der Waals surface area contributed by atoms with Crippen molar-refractivity contribution < 1.29 is 4.79 Å². The van der Waals surface area contributed by atoms with Gasteiger partial charge in [0, 0.05) is 17.8 Å². The van der Waals surface area contributed by atoms with Crippen LogP contribution < -0.4 is 5.32 Å². The van der Waals surface area contributed by atoms with Gasteiger partial charge in [-0.3, -0.25) is 20.2 Å². The van der Waals surface area contributed by atoms with Crippen molar-refractivity contribution in [3.05, 3.63) is 66.5 Å². The third kappa shape index (κ3) is 2.70. The Balaban J connectivity index is 1.58. The zero-order chi connectivity index (χ0) is 16.4. The average molecular weight is 316 g/mol. The summed E-state index contributed by atoms with van der Waals surface area (Å²) in [5.74, 6) is 0.358. The predicted octanol–water partition coefficient (Wildman–Crippen LogP) is 2.67. The maximum atomic E-state index is 12.1. The van der Waals surface area contributed by atoms with Gasteiger partial charge in [-0.1, -0.05) is 24.3 Å². The molecule has 7 nitrogen and oxygen atoms in total. The Morgan fingerprint density at radius 2 is 1.92 bits per heavy atom. The maximum Gasteiger partial charge on any atom is 0.259 e. The summed E-state index contributed by atoms with van der Waals surface area (Å²) in [7, 11) is 0. The van der Waals surface area contributed by atoms with E-state index in [1.54, 1.807) is 18.3 Å². The van der Waals surface area contributed by atoms with E-state index in [1.807, 2.05) is 36.4 Å². The third-order valence-electron chi connectivity index (χ3n) is 3.48. The van der Waals surface area contributed by atoms with Gasteiger partial charge < -0.3 is 0 Å². The first kappa shape index (κ1) is 14.0. The van der Waals surface area contributed by atoms with E-state index < -0.39 is 0 Å². The Morgan fingerprint density at radius 1 is 1.00 bits per heavy atom. The minimum absolute atomic E-state index is 0.189. The van der Waals surface area contributed by atoms with Gasteiger partial charge in [-0.25, -0.2) is 4.98 Å². The summed E-state index contributed by atoms with van der Waals surface area (Å²) in [4.78, 5) is 24.8. The van der Waals surface area contributed by atoms with Crippen molar-refractivity contribution in [1.82, 2.24) is 25.1 Å². The van der Waals surface area contributed by atoms with E-state index in [0.717, 1.165) is 10.9 Å². The second-order valence-corrected chi connectivity index (χ2v) is 5.09. The molecular formula is C17H12N6O. The number of pyridine rings is 2. The van der Waals surface area contributed by atoms with Crippen molar-refractivity contribution in [2.45, 2.75) is 0 Å². The molecule has 4 rings (SSSR count). The molecule has 7 heteroatoms. The minimum atomic E-state index is -0.319. The number of nitrogens with zero attached hydrogens (tertiary/aromatic N) is 4. The van der Waals surface area contributed by atoms with Crippen LogP contribution in [-0.4, -0.2) is 31.1 Å². The summed E-state index contributed by atoms with van der Waals surface area (Å²) in [5.41, 5.74) is 1.96. The first-order chi connectivity index (χ1) is 11.8. The number of hydrogen-bond acceptors (Lipinski definition) is 5. The summed E-state index contributed by atoms with van der Waals surface area (Å²) in [6.45, 7) is 0. The highest BCUT2D eigenvalue weighted by molar-refractivity contribution is 6.03. The van der Waals surface area contributed by atoms with E-state index in [-0.39, 0.29) is 11.9 Å². The number of carbonyl (C=O) groups excluding carboxylic acids is 1. The lowest BCUT2D eigenvalue weighted by molar-refractivity contribution is 0.102. The van der Waals surface area contributed by atoms with Crippen LogP contribution in [0.1, 0.15) is 10.4 Å². The lowest BCUT2D eigenvalue weighted by atomic mass is 10.2. The van der Waals surface area contributed by atoms with Crippen molar-refractivity contribution in [2.75, 3.05) is 5.32 Å². The van der Waals surface area contributed by atoms with E-state index in [0.29, 0.717) is 17.1 Å². The van der Waals surface area contributed by atoms with E-state index in [4.69, 9.17) is 0 Å². The third-order valence-corrected chi connectivity index (χ3v) is 3.48. The molecule has 0 aliphatic carbocycles. The molecule has 0 saturated heterocycles. The second-order valence-electron chi connectivity index (χ2n) is 5.09. The molecule has 3 aromatic heterocycles. The Bertz CT molecular complexity index is 1010. The topological polar surface area (TPSA) is 96.5 Å². The number of aromatic amines is 1. The highest BCUT2D eigenvalue weighted by Crippen LogP contribution is 2.18. The van der Waals surface area contributed by atoms with Crippen LogP contribution in [0.4, 0.5) is 5.95 Å². The minimum Gasteiger partial charge on any atom is -0.289 e. The van der Waals surface area contributed by atoms with Crippen LogP contribution in [0, 0.1) is 0 Å². The number of aromatic nitrogens is 5. The molecule has 1 amide bonds. The van der Waals surface area contributed by atoms with Gasteiger partial charge in [0.1, 0.15) is 5.69 Å². The van der Waals surface area contributed by atoms with Crippen molar-refractivity contribution in [3.63, 3.8) is 0 Å². The average Bonchev–Trinajstić information content (AvgIpc) is 3.10. The highest BCUT2D eigenvalue weighted by Gasteiger charge is 2.11. The number of nitrogens with one attached hydrogen (secondary N) is 2. The molecule has 3 heterocycles. The molecule has 0 unspecified atom stereocenters. The zero-order valence-corrected chi connectivity index (χ0v) is 12.5. The van der Waals surface area contributed by atoms with Gasteiger partial charge in [0.15, 0.2) is 5.82 Å². The summed E-state index contributed by atoms with van der Waals surface area (Å²) >= 11 is 0. The fourth-order valence-electron chi connectivity index (χ4n) is 2.30. The Kier molecular flexibility index (Phi) is 3.43. The summed E-state index contributed by atoms with van der Waals surface area (Å²) in [5, 5.41) is 10.5. The molecule has 1 aromatic carbocycles. The van der Waals surface area contributed by atoms with Crippen molar-refractivity contribution in [2.24, 2.45) is 0 Å². The standard InChI is InChI=1S/C17H12N6O/c24-16(12-5-3-9-18-10-12)21-17-20-15(22-23-17)14-8-7-11-4-1-2-6-13(11)19-14/h1-10H,(H2,20,21,22,23,24). The molecule has 0 aliphatic rings. The lowest BCUT2D eigenvalue weighted by Gasteiger charge is -2.00. The van der Waals surface area contributed by atoms with Gasteiger partial charge >= 0.3 is 0 Å². The Labute approximate surface area is 136 Å². The molecule has 2 N–H and O–H groups in total. The van der Waals surface area contributed by atoms with Crippen LogP contribution in [0.3, 0.4) is 0 Å². The molecule has 4 aromatic rings. The van der Waals surface area contributed by atoms with Crippen molar-refractivity contribution in [1.29, 1.82) is 0 Å². The molecule has 0 fully saturated rings. The molecule has 116 valence electrons. The van der Waals surface area contributed by atoms with Crippen LogP contribution in [0.15, 0.2) is 60.9 Å². The van der Waals surface area contributed by atoms with E-state index >= 15 is 0 Å². The van der Waals surface area contributed by atoms with Crippen LogP contribution >= 0.6 is 0 Å². The van der Waals surface area contributed by atoms with Gasteiger partial charge in [0.2, 0.25) is 5.95 Å². The molecule has 0 radical (unpaired) electrons. The quantitative estimate of drug-likeness (QED) is 0.605. The fourth-order valence-corrected chi connectivity index (χ4v) is 2.30. The normalized spacial score (nSPS) is 10.7. The number of rotatable bonds is 3. The fraction of sp³-hybridized carbons (Fsp3) is 0. The SMILES string of the molecule is O=C(Nc1n[nH]c(-c2ccc3ccccc3n2)n1)c1cccnc1. The summed E-state index contributed by atoms with van der Waals surface area (Å²) in [6, 6.07) is 15.0. The number of fused-ring (bicyclic) bond motifs is 1. The number of hydrogen-bond donors (Lipinski definition) is 2. The largest absolute Gasteiger partial charge is 0.289 e. The van der Waals surface area contributed by atoms with Crippen molar-refractivity contribution in [3.8, 4) is 11.5 Å². The van der Waals surface area contributed by atoms with E-state index in [2.05, 4.69) is 30.5 Å². The first-order valence-electron chi connectivity index (χ1n) is 7.29. The van der Waals surface area contributed by atoms with Crippen LogP contribution in [0.2, 0.25) is 0 Å². The molecule has 0 saturated carbocycles. The first-order valence-corrected chi connectivity index (χ1v) is 7.29. The van der Waals surface area contributed by atoms with Crippen molar-refractivity contribution >= 4 is 22.8 Å². The van der Waals surface area contributed by atoms with Gasteiger partial charge in [-0.05, 0) is 24.3 Å². The summed E-state index contributed by atoms with van der Waals surface area (Å²) in [6.07, 6.45) is 3.08. The Morgan fingerprint density at radius 3 is 2.79 bits per heavy atom. The van der Waals surface area contributed by atoms with Gasteiger partial charge in [-0.2, -0.15) is 4.98 Å². The number of anilines is 1. The molecule has 0 bridgehead atoms. The smallest absolute Gasteiger partial charge is 0.259 e. The number of carbonyl (C=O) groups is 1. The van der Waals surface area contributed by atoms with Crippen LogP contribution in [0.5, 0.6) is 0 Å².